The van der Waals surface area contributed by atoms with E-state index in [1.165, 1.54) is 11.1 Å². The molecule has 4 nitrogen and oxygen atoms in total. The van der Waals surface area contributed by atoms with Gasteiger partial charge in [0.15, 0.2) is 0 Å². The molecule has 0 spiro atoms. The van der Waals surface area contributed by atoms with Crippen LogP contribution >= 0.6 is 0 Å². The van der Waals surface area contributed by atoms with E-state index in [0.29, 0.717) is 39.2 Å². The van der Waals surface area contributed by atoms with Crippen molar-refractivity contribution in [2.24, 2.45) is 0 Å². The molecule has 106 valence electrons. The summed E-state index contributed by atoms with van der Waals surface area (Å²) in [6.07, 6.45) is 1.43. The summed E-state index contributed by atoms with van der Waals surface area (Å²) in [5, 5.41) is 13.6. The van der Waals surface area contributed by atoms with Crippen molar-refractivity contribution >= 4 is 0 Å². The third-order valence-electron chi connectivity index (χ3n) is 3.54. The zero-order valence-electron chi connectivity index (χ0n) is 11.5. The number of ether oxygens (including phenoxy) is 2. The van der Waals surface area contributed by atoms with Crippen LogP contribution in [0.5, 0.6) is 0 Å². The number of rotatable bonds is 6. The highest BCUT2D eigenvalue weighted by Gasteiger charge is 2.28. The molecule has 1 heterocycles. The molecule has 0 aromatic heterocycles. The molecule has 1 aliphatic heterocycles. The van der Waals surface area contributed by atoms with Crippen molar-refractivity contribution in [2.45, 2.75) is 31.6 Å². The van der Waals surface area contributed by atoms with Crippen LogP contribution in [-0.2, 0) is 22.6 Å². The van der Waals surface area contributed by atoms with Gasteiger partial charge in [-0.3, -0.25) is 0 Å². The lowest BCUT2D eigenvalue weighted by molar-refractivity contribution is -0.0617. The van der Waals surface area contributed by atoms with E-state index in [1.54, 1.807) is 7.11 Å². The van der Waals surface area contributed by atoms with Crippen molar-refractivity contribution in [3.63, 3.8) is 0 Å². The summed E-state index contributed by atoms with van der Waals surface area (Å²) in [5.74, 6) is 0. The maximum Gasteiger partial charge on any atom is 0.0815 e. The molecule has 4 heteroatoms. The summed E-state index contributed by atoms with van der Waals surface area (Å²) in [7, 11) is 1.70. The average Bonchev–Trinajstić information content (AvgIpc) is 2.42. The van der Waals surface area contributed by atoms with Crippen molar-refractivity contribution in [2.75, 3.05) is 26.9 Å². The molecule has 2 rings (SSSR count). The van der Waals surface area contributed by atoms with E-state index in [0.717, 1.165) is 6.54 Å². The van der Waals surface area contributed by atoms with Crippen molar-refractivity contribution in [1.82, 2.24) is 5.32 Å². The summed E-state index contributed by atoms with van der Waals surface area (Å²) in [6.45, 7) is 3.36. The van der Waals surface area contributed by atoms with Crippen LogP contribution in [0.1, 0.15) is 24.0 Å². The van der Waals surface area contributed by atoms with Gasteiger partial charge in [-0.2, -0.15) is 0 Å². The van der Waals surface area contributed by atoms with Crippen molar-refractivity contribution in [1.29, 1.82) is 0 Å². The Morgan fingerprint density at radius 2 is 1.84 bits per heavy atom. The molecule has 0 radical (unpaired) electrons. The zero-order chi connectivity index (χ0) is 13.6. The van der Waals surface area contributed by atoms with Crippen LogP contribution in [0, 0.1) is 0 Å². The Kier molecular flexibility index (Phi) is 5.34. The summed E-state index contributed by atoms with van der Waals surface area (Å²) >= 11 is 0. The summed E-state index contributed by atoms with van der Waals surface area (Å²) in [5.41, 5.74) is 1.79. The lowest BCUT2D eigenvalue weighted by Gasteiger charge is -2.32. The van der Waals surface area contributed by atoms with E-state index in [9.17, 15) is 5.11 Å². The molecule has 0 saturated carbocycles. The Balaban J connectivity index is 1.75. The monoisotopic (exact) mass is 265 g/mol. The van der Waals surface area contributed by atoms with Gasteiger partial charge in [0.1, 0.15) is 0 Å². The highest BCUT2D eigenvalue weighted by molar-refractivity contribution is 5.21. The molecule has 1 aliphatic rings. The highest BCUT2D eigenvalue weighted by atomic mass is 16.5. The third kappa shape index (κ3) is 4.58. The quantitative estimate of drug-likeness (QED) is 0.817. The molecule has 0 amide bonds. The molecule has 0 bridgehead atoms. The van der Waals surface area contributed by atoms with Crippen LogP contribution in [-0.4, -0.2) is 37.6 Å². The molecule has 0 aliphatic carbocycles. The van der Waals surface area contributed by atoms with E-state index >= 15 is 0 Å². The van der Waals surface area contributed by atoms with Crippen LogP contribution < -0.4 is 5.32 Å². The minimum Gasteiger partial charge on any atom is -0.388 e. The van der Waals surface area contributed by atoms with Crippen LogP contribution in [0.4, 0.5) is 0 Å². The number of hydrogen-bond donors (Lipinski definition) is 2. The van der Waals surface area contributed by atoms with Gasteiger partial charge >= 0.3 is 0 Å². The van der Waals surface area contributed by atoms with E-state index in [1.807, 2.05) is 0 Å². The minimum absolute atomic E-state index is 0.603. The maximum atomic E-state index is 10.3. The van der Waals surface area contributed by atoms with Gasteiger partial charge in [-0.1, -0.05) is 24.3 Å². The first-order valence-electron chi connectivity index (χ1n) is 6.79. The standard InChI is InChI=1S/C15H23NO3/c1-18-11-14-4-2-13(3-5-14)10-16-12-15(17)6-8-19-9-7-15/h2-5,16-17H,6-12H2,1H3. The molecular weight excluding hydrogens is 242 g/mol. The second-order valence-electron chi connectivity index (χ2n) is 5.19. The fraction of sp³-hybridized carbons (Fsp3) is 0.600. The molecule has 1 fully saturated rings. The van der Waals surface area contributed by atoms with Gasteiger partial charge < -0.3 is 19.9 Å². The Bertz CT molecular complexity index is 371. The average molecular weight is 265 g/mol. The van der Waals surface area contributed by atoms with Gasteiger partial charge in [0.25, 0.3) is 0 Å². The molecule has 2 N–H and O–H groups in total. The predicted octanol–water partition coefficient (Wildman–Crippen LogP) is 1.46. The van der Waals surface area contributed by atoms with Gasteiger partial charge in [0, 0.05) is 46.3 Å². The number of nitrogens with one attached hydrogen (secondary N) is 1. The van der Waals surface area contributed by atoms with Crippen molar-refractivity contribution in [3.8, 4) is 0 Å². The Morgan fingerprint density at radius 1 is 1.21 bits per heavy atom. The molecule has 0 unspecified atom stereocenters. The maximum absolute atomic E-state index is 10.3. The molecule has 1 aromatic rings. The summed E-state index contributed by atoms with van der Waals surface area (Å²) < 4.78 is 10.3. The topological polar surface area (TPSA) is 50.7 Å². The van der Waals surface area contributed by atoms with Crippen molar-refractivity contribution < 1.29 is 14.6 Å². The van der Waals surface area contributed by atoms with Crippen LogP contribution in [0.15, 0.2) is 24.3 Å². The van der Waals surface area contributed by atoms with E-state index in [2.05, 4.69) is 29.6 Å². The Hall–Kier alpha value is -0.940. The predicted molar refractivity (Wildman–Crippen MR) is 73.9 cm³/mol. The number of aliphatic hydroxyl groups is 1. The zero-order valence-corrected chi connectivity index (χ0v) is 11.5. The van der Waals surface area contributed by atoms with Gasteiger partial charge in [-0.15, -0.1) is 0 Å². The number of methoxy groups -OCH3 is 1. The molecule has 19 heavy (non-hydrogen) atoms. The molecular formula is C15H23NO3. The number of hydrogen-bond acceptors (Lipinski definition) is 4. The SMILES string of the molecule is COCc1ccc(CNCC2(O)CCOCC2)cc1. The van der Waals surface area contributed by atoms with Crippen LogP contribution in [0.3, 0.4) is 0 Å². The highest BCUT2D eigenvalue weighted by Crippen LogP contribution is 2.19. The Labute approximate surface area is 114 Å². The molecule has 0 atom stereocenters. The summed E-state index contributed by atoms with van der Waals surface area (Å²) in [6, 6.07) is 8.33. The van der Waals surface area contributed by atoms with Crippen LogP contribution in [0.25, 0.3) is 0 Å². The van der Waals surface area contributed by atoms with Crippen molar-refractivity contribution in [3.05, 3.63) is 35.4 Å². The first-order chi connectivity index (χ1) is 9.22. The largest absolute Gasteiger partial charge is 0.388 e. The van der Waals surface area contributed by atoms with Gasteiger partial charge in [-0.05, 0) is 11.1 Å². The fourth-order valence-electron chi connectivity index (χ4n) is 2.29. The smallest absolute Gasteiger partial charge is 0.0815 e. The molecule has 1 saturated heterocycles. The fourth-order valence-corrected chi connectivity index (χ4v) is 2.29. The first kappa shape index (κ1) is 14.5. The third-order valence-corrected chi connectivity index (χ3v) is 3.54. The second kappa shape index (κ2) is 7.01. The summed E-state index contributed by atoms with van der Waals surface area (Å²) in [4.78, 5) is 0. The lowest BCUT2D eigenvalue weighted by Crippen LogP contribution is -2.44. The van der Waals surface area contributed by atoms with Gasteiger partial charge in [0.2, 0.25) is 0 Å². The molecule has 1 aromatic carbocycles. The van der Waals surface area contributed by atoms with Gasteiger partial charge in [-0.25, -0.2) is 0 Å². The normalized spacial score (nSPS) is 18.4. The van der Waals surface area contributed by atoms with E-state index in [4.69, 9.17) is 9.47 Å². The van der Waals surface area contributed by atoms with E-state index in [-0.39, 0.29) is 0 Å². The minimum atomic E-state index is -0.603. The van der Waals surface area contributed by atoms with Crippen LogP contribution in [0.2, 0.25) is 0 Å². The lowest BCUT2D eigenvalue weighted by atomic mass is 9.94. The van der Waals surface area contributed by atoms with Gasteiger partial charge in [0.05, 0.1) is 12.2 Å². The first-order valence-corrected chi connectivity index (χ1v) is 6.79. The van der Waals surface area contributed by atoms with E-state index < -0.39 is 5.60 Å². The number of benzene rings is 1. The second-order valence-corrected chi connectivity index (χ2v) is 5.19. The Morgan fingerprint density at radius 3 is 2.47 bits per heavy atom.